The Kier molecular flexibility index (Phi) is 20.6. The molecule has 6 nitrogen and oxygen atoms in total. The molecule has 0 heterocycles. The molecule has 1 amide bonds. The highest BCUT2D eigenvalue weighted by molar-refractivity contribution is 5.93. The van der Waals surface area contributed by atoms with Crippen molar-refractivity contribution in [1.82, 2.24) is 5.32 Å². The van der Waals surface area contributed by atoms with E-state index < -0.39 is 11.9 Å². The van der Waals surface area contributed by atoms with Crippen LogP contribution < -0.4 is 10.1 Å². The fourth-order valence-electron chi connectivity index (χ4n) is 3.36. The number of hydrogen-bond donors (Lipinski definition) is 1. The Balaban J connectivity index is 2.04. The highest BCUT2D eigenvalue weighted by Crippen LogP contribution is 2.19. The number of amides is 1. The van der Waals surface area contributed by atoms with Gasteiger partial charge in [0.1, 0.15) is 11.3 Å². The van der Waals surface area contributed by atoms with E-state index >= 15 is 0 Å². The summed E-state index contributed by atoms with van der Waals surface area (Å²) in [6.45, 7) is 3.99. The molecule has 1 aromatic rings. The van der Waals surface area contributed by atoms with Crippen LogP contribution in [-0.4, -0.2) is 31.0 Å². The predicted molar refractivity (Wildman–Crippen MR) is 163 cm³/mol. The maximum Gasteiger partial charge on any atom is 0.341 e. The number of para-hydroxylation sites is 1. The van der Waals surface area contributed by atoms with Gasteiger partial charge >= 0.3 is 11.9 Å². The minimum atomic E-state index is -0.569. The fraction of sp³-hybridized carbons (Fsp3) is 0.382. The summed E-state index contributed by atoms with van der Waals surface area (Å²) in [5.41, 5.74) is 0.193. The molecule has 0 radical (unpaired) electrons. The minimum Gasteiger partial charge on any atom is -0.462 e. The Hall–Kier alpha value is -3.93. The van der Waals surface area contributed by atoms with Crippen molar-refractivity contribution in [3.05, 3.63) is 103 Å². The maximum atomic E-state index is 12.2. The summed E-state index contributed by atoms with van der Waals surface area (Å²) in [5, 5.41) is 2.83. The van der Waals surface area contributed by atoms with Crippen LogP contribution in [-0.2, 0) is 14.3 Å². The molecule has 0 saturated carbocycles. The molecule has 0 spiro atoms. The molecule has 0 aliphatic rings. The molecule has 0 aliphatic heterocycles. The predicted octanol–water partition coefficient (Wildman–Crippen LogP) is 7.75. The Bertz CT molecular complexity index is 1050. The number of benzene rings is 1. The topological polar surface area (TPSA) is 81.7 Å². The van der Waals surface area contributed by atoms with E-state index in [2.05, 4.69) is 79.1 Å². The number of carbonyl (C=O) groups is 3. The molecule has 216 valence electrons. The number of allylic oxidation sites excluding steroid dienone is 12. The van der Waals surface area contributed by atoms with Gasteiger partial charge < -0.3 is 14.8 Å². The van der Waals surface area contributed by atoms with Crippen molar-refractivity contribution in [3.63, 3.8) is 0 Å². The number of rotatable bonds is 20. The number of nitrogens with one attached hydrogen (secondary N) is 1. The van der Waals surface area contributed by atoms with Crippen LogP contribution in [0.1, 0.15) is 82.0 Å². The lowest BCUT2D eigenvalue weighted by Gasteiger charge is -2.09. The molecule has 1 aromatic carbocycles. The average molecular weight is 548 g/mol. The molecular weight excluding hydrogens is 502 g/mol. The van der Waals surface area contributed by atoms with E-state index in [9.17, 15) is 14.4 Å². The third kappa shape index (κ3) is 19.2. The maximum absolute atomic E-state index is 12.2. The summed E-state index contributed by atoms with van der Waals surface area (Å²) < 4.78 is 10.3. The summed E-state index contributed by atoms with van der Waals surface area (Å²) in [6, 6.07) is 6.42. The van der Waals surface area contributed by atoms with Crippen LogP contribution in [0.3, 0.4) is 0 Å². The molecule has 6 heteroatoms. The van der Waals surface area contributed by atoms with Crippen molar-refractivity contribution in [2.45, 2.75) is 71.6 Å². The summed E-state index contributed by atoms with van der Waals surface area (Å²) >= 11 is 0. The van der Waals surface area contributed by atoms with Crippen molar-refractivity contribution >= 4 is 17.8 Å². The molecule has 1 N–H and O–H groups in total. The second-order valence-electron chi connectivity index (χ2n) is 8.88. The molecular formula is C34H45NO5. The van der Waals surface area contributed by atoms with Crippen LogP contribution in [0, 0.1) is 0 Å². The van der Waals surface area contributed by atoms with E-state index in [0.29, 0.717) is 25.8 Å². The third-order valence-electron chi connectivity index (χ3n) is 5.37. The van der Waals surface area contributed by atoms with Gasteiger partial charge in [0, 0.05) is 19.9 Å². The first kappa shape index (κ1) is 34.1. The highest BCUT2D eigenvalue weighted by Gasteiger charge is 2.14. The Labute approximate surface area is 240 Å². The molecule has 0 aliphatic carbocycles. The summed E-state index contributed by atoms with van der Waals surface area (Å²) in [4.78, 5) is 35.3. The zero-order valence-electron chi connectivity index (χ0n) is 24.1. The fourth-order valence-corrected chi connectivity index (χ4v) is 3.36. The number of esters is 2. The van der Waals surface area contributed by atoms with Gasteiger partial charge in [-0.1, -0.05) is 92.0 Å². The lowest BCUT2D eigenvalue weighted by molar-refractivity contribution is -0.131. The van der Waals surface area contributed by atoms with Crippen molar-refractivity contribution in [2.75, 3.05) is 13.2 Å². The molecule has 0 unspecified atom stereocenters. The second-order valence-corrected chi connectivity index (χ2v) is 8.88. The van der Waals surface area contributed by atoms with Gasteiger partial charge in [-0.2, -0.15) is 0 Å². The standard InChI is InChI=1S/C34H45NO5/c1-3-4-5-6-7-8-9-10-11-12-13-14-15-16-17-18-19-20-21-27-33(37)35-28-24-29-39-34(38)31-25-22-23-26-32(31)40-30(2)36/h4-5,7-8,10-11,13-14,16-17,19-20,22-23,25-26H,3,6,9,12,15,18,21,24,27-29H2,1-2H3,(H,35,37). The van der Waals surface area contributed by atoms with E-state index in [0.717, 1.165) is 38.5 Å². The normalized spacial score (nSPS) is 12.1. The van der Waals surface area contributed by atoms with Crippen molar-refractivity contribution in [1.29, 1.82) is 0 Å². The highest BCUT2D eigenvalue weighted by atomic mass is 16.5. The lowest BCUT2D eigenvalue weighted by Crippen LogP contribution is -2.25. The van der Waals surface area contributed by atoms with Crippen LogP contribution in [0.2, 0.25) is 0 Å². The summed E-state index contributed by atoms with van der Waals surface area (Å²) in [6.07, 6.45) is 33.3. The van der Waals surface area contributed by atoms with Crippen LogP contribution in [0.25, 0.3) is 0 Å². The van der Waals surface area contributed by atoms with Crippen molar-refractivity contribution < 1.29 is 23.9 Å². The van der Waals surface area contributed by atoms with Crippen molar-refractivity contribution in [3.8, 4) is 5.75 Å². The van der Waals surface area contributed by atoms with Crippen LogP contribution in [0.5, 0.6) is 5.75 Å². The molecule has 1 rings (SSSR count). The van der Waals surface area contributed by atoms with Gasteiger partial charge in [-0.25, -0.2) is 4.79 Å². The van der Waals surface area contributed by atoms with E-state index in [4.69, 9.17) is 9.47 Å². The van der Waals surface area contributed by atoms with E-state index in [1.807, 2.05) is 6.08 Å². The van der Waals surface area contributed by atoms with Gasteiger partial charge in [0.2, 0.25) is 5.91 Å². The zero-order chi connectivity index (χ0) is 29.1. The van der Waals surface area contributed by atoms with Gasteiger partial charge in [0.25, 0.3) is 0 Å². The molecule has 0 aromatic heterocycles. The van der Waals surface area contributed by atoms with Gasteiger partial charge in [0.05, 0.1) is 6.61 Å². The number of ether oxygens (including phenoxy) is 2. The lowest BCUT2D eigenvalue weighted by atomic mass is 10.2. The van der Waals surface area contributed by atoms with Crippen LogP contribution in [0.4, 0.5) is 0 Å². The quantitative estimate of drug-likeness (QED) is 0.0781. The smallest absolute Gasteiger partial charge is 0.341 e. The van der Waals surface area contributed by atoms with Crippen molar-refractivity contribution in [2.24, 2.45) is 0 Å². The van der Waals surface area contributed by atoms with Crippen LogP contribution >= 0.6 is 0 Å². The molecule has 0 atom stereocenters. The first-order valence-electron chi connectivity index (χ1n) is 14.2. The molecule has 40 heavy (non-hydrogen) atoms. The summed E-state index contributed by atoms with van der Waals surface area (Å²) in [7, 11) is 0. The van der Waals surface area contributed by atoms with E-state index in [1.165, 1.54) is 19.1 Å². The van der Waals surface area contributed by atoms with E-state index in [1.54, 1.807) is 12.1 Å². The number of carbonyl (C=O) groups excluding carboxylic acids is 3. The van der Waals surface area contributed by atoms with Gasteiger partial charge in [-0.3, -0.25) is 9.59 Å². The average Bonchev–Trinajstić information content (AvgIpc) is 2.94. The molecule has 0 bridgehead atoms. The Morgan fingerprint density at radius 3 is 1.82 bits per heavy atom. The van der Waals surface area contributed by atoms with Gasteiger partial charge in [-0.05, 0) is 63.5 Å². The molecule has 0 saturated heterocycles. The second kappa shape index (κ2) is 24.1. The Morgan fingerprint density at radius 1 is 0.750 bits per heavy atom. The zero-order valence-corrected chi connectivity index (χ0v) is 24.1. The number of hydrogen-bond acceptors (Lipinski definition) is 5. The monoisotopic (exact) mass is 547 g/mol. The molecule has 0 fully saturated rings. The summed E-state index contributed by atoms with van der Waals surface area (Å²) in [5.74, 6) is -0.943. The van der Waals surface area contributed by atoms with Gasteiger partial charge in [-0.15, -0.1) is 0 Å². The van der Waals surface area contributed by atoms with Gasteiger partial charge in [0.15, 0.2) is 0 Å². The first-order valence-corrected chi connectivity index (χ1v) is 14.2. The third-order valence-corrected chi connectivity index (χ3v) is 5.37. The minimum absolute atomic E-state index is 0.0361. The van der Waals surface area contributed by atoms with Crippen LogP contribution in [0.15, 0.2) is 97.2 Å². The Morgan fingerprint density at radius 2 is 1.27 bits per heavy atom. The SMILES string of the molecule is CCC=CCC=CCC=CCC=CCC=CCC=CCCC(=O)NCCCOC(=O)c1ccccc1OC(C)=O. The largest absolute Gasteiger partial charge is 0.462 e. The first-order chi connectivity index (χ1) is 19.5. The van der Waals surface area contributed by atoms with E-state index in [-0.39, 0.29) is 23.8 Å².